The van der Waals surface area contributed by atoms with Gasteiger partial charge in [0.15, 0.2) is 11.6 Å². The van der Waals surface area contributed by atoms with Gasteiger partial charge in [-0.2, -0.15) is 0 Å². The van der Waals surface area contributed by atoms with E-state index in [4.69, 9.17) is 30.7 Å². The van der Waals surface area contributed by atoms with Gasteiger partial charge in [-0.15, -0.1) is 0 Å². The monoisotopic (exact) mass is 484 g/mol. The summed E-state index contributed by atoms with van der Waals surface area (Å²) in [6.45, 7) is 5.09. The van der Waals surface area contributed by atoms with Crippen molar-refractivity contribution >= 4 is 34.5 Å². The first-order chi connectivity index (χ1) is 16.7. The third kappa shape index (κ3) is 5.48. The lowest BCUT2D eigenvalue weighted by atomic mass is 10.0. The Labute approximate surface area is 203 Å². The Morgan fingerprint density at radius 2 is 1.91 bits per heavy atom. The van der Waals surface area contributed by atoms with Crippen molar-refractivity contribution in [3.63, 3.8) is 0 Å². The molecule has 180 valence electrons. The maximum absolute atomic E-state index is 6.28. The van der Waals surface area contributed by atoms with E-state index in [-0.39, 0.29) is 12.2 Å². The molecule has 2 aliphatic carbocycles. The second-order valence-electron chi connectivity index (χ2n) is 8.65. The predicted molar refractivity (Wildman–Crippen MR) is 131 cm³/mol. The summed E-state index contributed by atoms with van der Waals surface area (Å²) in [7, 11) is 0. The number of ether oxygens (including phenoxy) is 2. The first-order valence-corrected chi connectivity index (χ1v) is 12.2. The van der Waals surface area contributed by atoms with Crippen LogP contribution in [0.25, 0.3) is 11.3 Å². The van der Waals surface area contributed by atoms with Crippen molar-refractivity contribution in [2.45, 2.75) is 44.8 Å². The van der Waals surface area contributed by atoms with E-state index in [1.807, 2.05) is 25.2 Å². The van der Waals surface area contributed by atoms with E-state index in [1.165, 1.54) is 0 Å². The summed E-state index contributed by atoms with van der Waals surface area (Å²) in [5, 5.41) is 12.0. The lowest BCUT2D eigenvalue weighted by Crippen LogP contribution is -2.39. The van der Waals surface area contributed by atoms with Gasteiger partial charge in [0.1, 0.15) is 0 Å². The maximum Gasteiger partial charge on any atom is 0.245 e. The van der Waals surface area contributed by atoms with E-state index in [9.17, 15) is 0 Å². The molecule has 9 nitrogen and oxygen atoms in total. The topological polar surface area (TPSA) is 98.4 Å². The minimum Gasteiger partial charge on any atom is -0.381 e. The average Bonchev–Trinajstić information content (AvgIpc) is 3.32. The molecular formula is C24H29ClN6O3. The molecule has 3 heterocycles. The van der Waals surface area contributed by atoms with Crippen LogP contribution in [0.3, 0.4) is 0 Å². The van der Waals surface area contributed by atoms with E-state index in [2.05, 4.69) is 43.7 Å². The summed E-state index contributed by atoms with van der Waals surface area (Å²) >= 11 is 6.02. The van der Waals surface area contributed by atoms with Crippen molar-refractivity contribution in [1.29, 1.82) is 0 Å². The molecule has 34 heavy (non-hydrogen) atoms. The molecule has 1 saturated heterocycles. The fraction of sp³-hybridized carbons (Fsp3) is 0.500. The van der Waals surface area contributed by atoms with E-state index < -0.39 is 0 Å². The van der Waals surface area contributed by atoms with E-state index in [0.717, 1.165) is 68.5 Å². The normalized spacial score (nSPS) is 23.3. The molecule has 0 spiro atoms. The van der Waals surface area contributed by atoms with Crippen LogP contribution in [0, 0.1) is 5.92 Å². The second kappa shape index (κ2) is 10.7. The van der Waals surface area contributed by atoms with Crippen molar-refractivity contribution in [3.8, 4) is 0 Å². The van der Waals surface area contributed by atoms with Crippen molar-refractivity contribution in [2.24, 2.45) is 5.92 Å². The number of fused-ring (bicyclic) bond motifs is 1. The molecule has 2 aromatic rings. The van der Waals surface area contributed by atoms with E-state index >= 15 is 0 Å². The minimum absolute atomic E-state index is 0.0882. The SMILES string of the molecule is CCOCC1C=CC(Nc2nc3nonc3nc2N2CCC(OC3C=CC(Cl)=CC3)CC2)=CC1. The molecule has 10 heteroatoms. The molecular weight excluding hydrogens is 456 g/mol. The summed E-state index contributed by atoms with van der Waals surface area (Å²) in [5.74, 6) is 1.79. The maximum atomic E-state index is 6.28. The van der Waals surface area contributed by atoms with Gasteiger partial charge in [0.2, 0.25) is 11.3 Å². The summed E-state index contributed by atoms with van der Waals surface area (Å²) < 4.78 is 16.7. The highest BCUT2D eigenvalue weighted by Crippen LogP contribution is 2.30. The molecule has 0 aromatic carbocycles. The van der Waals surface area contributed by atoms with Gasteiger partial charge in [-0.25, -0.2) is 14.6 Å². The smallest absolute Gasteiger partial charge is 0.245 e. The van der Waals surface area contributed by atoms with Crippen LogP contribution in [-0.4, -0.2) is 58.8 Å². The highest BCUT2D eigenvalue weighted by molar-refractivity contribution is 6.31. The number of nitrogens with one attached hydrogen (secondary N) is 1. The molecule has 3 aliphatic rings. The zero-order chi connectivity index (χ0) is 23.3. The van der Waals surface area contributed by atoms with Gasteiger partial charge in [0, 0.05) is 36.3 Å². The molecule has 1 fully saturated rings. The molecule has 2 unspecified atom stereocenters. The largest absolute Gasteiger partial charge is 0.381 e. The molecule has 0 saturated carbocycles. The van der Waals surface area contributed by atoms with Crippen LogP contribution < -0.4 is 10.2 Å². The molecule has 2 atom stereocenters. The van der Waals surface area contributed by atoms with Crippen molar-refractivity contribution < 1.29 is 14.1 Å². The van der Waals surface area contributed by atoms with Crippen LogP contribution >= 0.6 is 11.6 Å². The minimum atomic E-state index is 0.0882. The number of allylic oxidation sites excluding steroid dienone is 4. The number of aromatic nitrogens is 4. The standard InChI is InChI=1S/C24H29ClN6O3/c1-2-32-15-16-3-7-18(8-4-16)26-23-24(28-22-21(27-23)29-34-30-22)31-13-11-20(12-14-31)33-19-9-5-17(25)6-10-19/h3,5-9,16,19-20H,2,4,10-15H2,1H3,(H,26,27,29). The van der Waals surface area contributed by atoms with Gasteiger partial charge in [-0.3, -0.25) is 0 Å². The van der Waals surface area contributed by atoms with Crippen molar-refractivity contribution in [2.75, 3.05) is 36.5 Å². The molecule has 5 rings (SSSR count). The lowest BCUT2D eigenvalue weighted by Gasteiger charge is -2.34. The van der Waals surface area contributed by atoms with Gasteiger partial charge in [0.25, 0.3) is 0 Å². The molecule has 0 amide bonds. The van der Waals surface area contributed by atoms with E-state index in [1.54, 1.807) is 0 Å². The third-order valence-corrected chi connectivity index (χ3v) is 6.49. The quantitative estimate of drug-likeness (QED) is 0.585. The molecule has 0 bridgehead atoms. The Morgan fingerprint density at radius 1 is 1.09 bits per heavy atom. The zero-order valence-corrected chi connectivity index (χ0v) is 19.9. The number of rotatable bonds is 8. The van der Waals surface area contributed by atoms with Crippen LogP contribution in [0.1, 0.15) is 32.6 Å². The average molecular weight is 485 g/mol. The first kappa shape index (κ1) is 23.0. The Hall–Kier alpha value is -2.75. The number of piperidine rings is 1. The zero-order valence-electron chi connectivity index (χ0n) is 19.2. The number of hydrogen-bond acceptors (Lipinski definition) is 9. The first-order valence-electron chi connectivity index (χ1n) is 11.9. The fourth-order valence-electron chi connectivity index (χ4n) is 4.35. The molecule has 0 radical (unpaired) electrons. The van der Waals surface area contributed by atoms with Gasteiger partial charge in [-0.05, 0) is 55.1 Å². The molecule has 1 aliphatic heterocycles. The highest BCUT2D eigenvalue weighted by Gasteiger charge is 2.26. The van der Waals surface area contributed by atoms with Crippen molar-refractivity contribution in [1.82, 2.24) is 20.3 Å². The number of hydrogen-bond donors (Lipinski definition) is 1. The van der Waals surface area contributed by atoms with Crippen LogP contribution in [0.4, 0.5) is 11.6 Å². The van der Waals surface area contributed by atoms with Crippen molar-refractivity contribution in [3.05, 3.63) is 47.2 Å². The van der Waals surface area contributed by atoms with Gasteiger partial charge in [-0.1, -0.05) is 35.9 Å². The Bertz CT molecular complexity index is 1120. The van der Waals surface area contributed by atoms with Crippen LogP contribution in [0.15, 0.2) is 51.8 Å². The third-order valence-electron chi connectivity index (χ3n) is 6.21. The van der Waals surface area contributed by atoms with Gasteiger partial charge >= 0.3 is 0 Å². The number of halogens is 1. The Morgan fingerprint density at radius 3 is 2.62 bits per heavy atom. The number of nitrogens with zero attached hydrogens (tertiary/aromatic N) is 5. The molecule has 1 N–H and O–H groups in total. The summed E-state index contributed by atoms with van der Waals surface area (Å²) in [4.78, 5) is 11.6. The second-order valence-corrected chi connectivity index (χ2v) is 9.09. The Balaban J connectivity index is 1.25. The molecule has 2 aromatic heterocycles. The van der Waals surface area contributed by atoms with Crippen LogP contribution in [0.2, 0.25) is 0 Å². The van der Waals surface area contributed by atoms with E-state index in [0.29, 0.717) is 23.0 Å². The fourth-order valence-corrected chi connectivity index (χ4v) is 4.51. The van der Waals surface area contributed by atoms with Crippen LogP contribution in [-0.2, 0) is 9.47 Å². The summed E-state index contributed by atoms with van der Waals surface area (Å²) in [5.41, 5.74) is 1.77. The predicted octanol–water partition coefficient (Wildman–Crippen LogP) is 4.36. The highest BCUT2D eigenvalue weighted by atomic mass is 35.5. The summed E-state index contributed by atoms with van der Waals surface area (Å²) in [6.07, 6.45) is 16.2. The van der Waals surface area contributed by atoms with Gasteiger partial charge < -0.3 is 19.7 Å². The lowest BCUT2D eigenvalue weighted by molar-refractivity contribution is 0.00111. The van der Waals surface area contributed by atoms with Crippen LogP contribution in [0.5, 0.6) is 0 Å². The summed E-state index contributed by atoms with van der Waals surface area (Å²) in [6, 6.07) is 0. The van der Waals surface area contributed by atoms with Gasteiger partial charge in [0.05, 0.1) is 18.8 Å². The number of anilines is 2. The Kier molecular flexibility index (Phi) is 7.22.